The zero-order valence-corrected chi connectivity index (χ0v) is 15.2. The summed E-state index contributed by atoms with van der Waals surface area (Å²) in [5.74, 6) is 0.722. The van der Waals surface area contributed by atoms with Crippen LogP contribution < -0.4 is 10.9 Å². The van der Waals surface area contributed by atoms with Crippen LogP contribution in [0.1, 0.15) is 42.1 Å². The molecule has 0 amide bonds. The second-order valence-electron chi connectivity index (χ2n) is 6.83. The first-order valence-corrected chi connectivity index (χ1v) is 9.27. The van der Waals surface area contributed by atoms with Gasteiger partial charge in [0.1, 0.15) is 10.8 Å². The average Bonchev–Trinajstić information content (AvgIpc) is 3.17. The molecule has 1 aliphatic heterocycles. The SMILES string of the molecule is CC(C)c1csc(CN(C)CC2CNNC2c2ccc(F)cc2)n1. The van der Waals surface area contributed by atoms with Gasteiger partial charge < -0.3 is 0 Å². The molecule has 0 radical (unpaired) electrons. The molecule has 2 atom stereocenters. The highest BCUT2D eigenvalue weighted by molar-refractivity contribution is 7.09. The van der Waals surface area contributed by atoms with E-state index in [2.05, 4.69) is 42.0 Å². The summed E-state index contributed by atoms with van der Waals surface area (Å²) in [5.41, 5.74) is 8.86. The van der Waals surface area contributed by atoms with Crippen LogP contribution in [0.3, 0.4) is 0 Å². The van der Waals surface area contributed by atoms with E-state index in [1.165, 1.54) is 22.8 Å². The van der Waals surface area contributed by atoms with Crippen molar-refractivity contribution in [3.05, 3.63) is 51.7 Å². The molecule has 6 heteroatoms. The molecule has 2 unspecified atom stereocenters. The molecule has 1 saturated heterocycles. The van der Waals surface area contributed by atoms with Crippen molar-refractivity contribution in [2.24, 2.45) is 5.92 Å². The fourth-order valence-electron chi connectivity index (χ4n) is 3.09. The van der Waals surface area contributed by atoms with Crippen molar-refractivity contribution in [2.75, 3.05) is 20.1 Å². The Labute approximate surface area is 147 Å². The Morgan fingerprint density at radius 3 is 2.75 bits per heavy atom. The number of hydrogen-bond donors (Lipinski definition) is 2. The third-order valence-corrected chi connectivity index (χ3v) is 5.29. The number of halogens is 1. The minimum atomic E-state index is -0.192. The van der Waals surface area contributed by atoms with Crippen molar-refractivity contribution >= 4 is 11.3 Å². The van der Waals surface area contributed by atoms with Gasteiger partial charge in [0.25, 0.3) is 0 Å². The van der Waals surface area contributed by atoms with E-state index in [0.717, 1.165) is 25.2 Å². The Morgan fingerprint density at radius 1 is 1.33 bits per heavy atom. The Bertz CT molecular complexity index is 655. The molecule has 1 aromatic heterocycles. The minimum absolute atomic E-state index is 0.192. The number of rotatable bonds is 6. The summed E-state index contributed by atoms with van der Waals surface area (Å²) in [6.45, 7) is 7.07. The number of hydrogen-bond acceptors (Lipinski definition) is 5. The van der Waals surface area contributed by atoms with Gasteiger partial charge >= 0.3 is 0 Å². The lowest BCUT2D eigenvalue weighted by Crippen LogP contribution is -2.30. The third-order valence-electron chi connectivity index (χ3n) is 4.43. The van der Waals surface area contributed by atoms with Gasteiger partial charge in [0.2, 0.25) is 0 Å². The van der Waals surface area contributed by atoms with Crippen LogP contribution in [0.25, 0.3) is 0 Å². The molecular weight excluding hydrogens is 323 g/mol. The number of nitrogens with zero attached hydrogens (tertiary/aromatic N) is 2. The van der Waals surface area contributed by atoms with Crippen LogP contribution in [0.5, 0.6) is 0 Å². The van der Waals surface area contributed by atoms with Crippen LogP contribution in [-0.4, -0.2) is 30.0 Å². The van der Waals surface area contributed by atoms with Gasteiger partial charge in [0.15, 0.2) is 0 Å². The lowest BCUT2D eigenvalue weighted by Gasteiger charge is -2.24. The summed E-state index contributed by atoms with van der Waals surface area (Å²) in [6.07, 6.45) is 0. The normalized spacial score (nSPS) is 21.1. The molecule has 130 valence electrons. The first-order valence-electron chi connectivity index (χ1n) is 8.39. The van der Waals surface area contributed by atoms with Crippen molar-refractivity contribution in [2.45, 2.75) is 32.4 Å². The molecule has 4 nitrogen and oxygen atoms in total. The summed E-state index contributed by atoms with van der Waals surface area (Å²) in [4.78, 5) is 7.03. The van der Waals surface area contributed by atoms with E-state index in [-0.39, 0.29) is 11.9 Å². The molecule has 0 bridgehead atoms. The molecule has 3 rings (SSSR count). The number of benzene rings is 1. The van der Waals surface area contributed by atoms with Crippen LogP contribution in [0.15, 0.2) is 29.6 Å². The first-order chi connectivity index (χ1) is 11.5. The largest absolute Gasteiger partial charge is 0.299 e. The van der Waals surface area contributed by atoms with Gasteiger partial charge in [0.05, 0.1) is 18.3 Å². The highest BCUT2D eigenvalue weighted by Crippen LogP contribution is 2.26. The maximum Gasteiger partial charge on any atom is 0.123 e. The van der Waals surface area contributed by atoms with Crippen LogP contribution in [0.2, 0.25) is 0 Å². The monoisotopic (exact) mass is 348 g/mol. The number of thiazole rings is 1. The molecule has 1 aromatic carbocycles. The van der Waals surface area contributed by atoms with E-state index in [0.29, 0.717) is 11.8 Å². The fourth-order valence-corrected chi connectivity index (χ4v) is 4.12. The van der Waals surface area contributed by atoms with E-state index in [9.17, 15) is 4.39 Å². The summed E-state index contributed by atoms with van der Waals surface area (Å²) >= 11 is 1.74. The van der Waals surface area contributed by atoms with Crippen LogP contribution in [0.4, 0.5) is 4.39 Å². The Kier molecular flexibility index (Phi) is 5.61. The molecule has 1 fully saturated rings. The van der Waals surface area contributed by atoms with Gasteiger partial charge in [-0.05, 0) is 30.7 Å². The smallest absolute Gasteiger partial charge is 0.123 e. The van der Waals surface area contributed by atoms with Crippen LogP contribution >= 0.6 is 11.3 Å². The van der Waals surface area contributed by atoms with Gasteiger partial charge in [-0.15, -0.1) is 11.3 Å². The Balaban J connectivity index is 1.60. The van der Waals surface area contributed by atoms with E-state index in [1.807, 2.05) is 12.1 Å². The van der Waals surface area contributed by atoms with Gasteiger partial charge in [-0.2, -0.15) is 0 Å². The second kappa shape index (κ2) is 7.70. The molecule has 0 saturated carbocycles. The highest BCUT2D eigenvalue weighted by atomic mass is 32.1. The third kappa shape index (κ3) is 4.19. The zero-order valence-electron chi connectivity index (χ0n) is 14.4. The Hall–Kier alpha value is -1.34. The van der Waals surface area contributed by atoms with Crippen molar-refractivity contribution in [1.82, 2.24) is 20.7 Å². The van der Waals surface area contributed by atoms with E-state index < -0.39 is 0 Å². The molecule has 1 aliphatic rings. The lowest BCUT2D eigenvalue weighted by atomic mass is 9.94. The molecular formula is C18H25FN4S. The summed E-state index contributed by atoms with van der Waals surface area (Å²) in [5, 5.41) is 3.33. The molecule has 2 heterocycles. The predicted octanol–water partition coefficient (Wildman–Crippen LogP) is 3.30. The standard InChI is InChI=1S/C18H25FN4S/c1-12(2)16-11-24-17(21-16)10-23(3)9-14-8-20-22-18(14)13-4-6-15(19)7-5-13/h4-7,11-12,14,18,20,22H,8-10H2,1-3H3. The topological polar surface area (TPSA) is 40.2 Å². The highest BCUT2D eigenvalue weighted by Gasteiger charge is 2.29. The maximum atomic E-state index is 13.1. The van der Waals surface area contributed by atoms with Gasteiger partial charge in [-0.25, -0.2) is 14.8 Å². The van der Waals surface area contributed by atoms with Gasteiger partial charge in [0, 0.05) is 24.4 Å². The summed E-state index contributed by atoms with van der Waals surface area (Å²) in [7, 11) is 2.14. The molecule has 2 aromatic rings. The number of aromatic nitrogens is 1. The van der Waals surface area contributed by atoms with Gasteiger partial charge in [-0.3, -0.25) is 10.3 Å². The second-order valence-corrected chi connectivity index (χ2v) is 7.77. The molecule has 24 heavy (non-hydrogen) atoms. The molecule has 2 N–H and O–H groups in total. The van der Waals surface area contributed by atoms with Crippen LogP contribution in [0, 0.1) is 11.7 Å². The Morgan fingerprint density at radius 2 is 2.08 bits per heavy atom. The van der Waals surface area contributed by atoms with Crippen molar-refractivity contribution in [1.29, 1.82) is 0 Å². The lowest BCUT2D eigenvalue weighted by molar-refractivity contribution is 0.262. The van der Waals surface area contributed by atoms with E-state index in [1.54, 1.807) is 11.3 Å². The van der Waals surface area contributed by atoms with Crippen molar-refractivity contribution < 1.29 is 4.39 Å². The molecule has 0 spiro atoms. The van der Waals surface area contributed by atoms with E-state index >= 15 is 0 Å². The van der Waals surface area contributed by atoms with Crippen LogP contribution in [-0.2, 0) is 6.54 Å². The predicted molar refractivity (Wildman–Crippen MR) is 96.3 cm³/mol. The first kappa shape index (κ1) is 17.5. The maximum absolute atomic E-state index is 13.1. The molecule has 0 aliphatic carbocycles. The van der Waals surface area contributed by atoms with Gasteiger partial charge in [-0.1, -0.05) is 26.0 Å². The summed E-state index contributed by atoms with van der Waals surface area (Å²) in [6, 6.07) is 6.99. The average molecular weight is 348 g/mol. The zero-order chi connectivity index (χ0) is 17.1. The van der Waals surface area contributed by atoms with Crippen molar-refractivity contribution in [3.8, 4) is 0 Å². The fraction of sp³-hybridized carbons (Fsp3) is 0.500. The quantitative estimate of drug-likeness (QED) is 0.840. The van der Waals surface area contributed by atoms with Crippen molar-refractivity contribution in [3.63, 3.8) is 0 Å². The number of hydrazine groups is 1. The number of nitrogens with one attached hydrogen (secondary N) is 2. The van der Waals surface area contributed by atoms with E-state index in [4.69, 9.17) is 4.98 Å². The summed E-state index contributed by atoms with van der Waals surface area (Å²) < 4.78 is 13.1. The minimum Gasteiger partial charge on any atom is -0.299 e.